The lowest BCUT2D eigenvalue weighted by Crippen LogP contribution is -2.64. The monoisotopic (exact) mass is 967 g/mol. The molecule has 6 N–H and O–H groups in total. The molecule has 0 spiro atoms. The molecule has 10 aliphatic rings. The van der Waals surface area contributed by atoms with Gasteiger partial charge < -0.3 is 41.0 Å². The quantitative estimate of drug-likeness (QED) is 0.0972. The lowest BCUT2D eigenvalue weighted by atomic mass is 9.68. The molecule has 0 radical (unpaired) electrons. The fraction of sp³-hybridized carbons (Fsp3) is 0.483. The van der Waals surface area contributed by atoms with Crippen LogP contribution in [-0.2, 0) is 35.3 Å². The molecule has 12 atom stereocenters. The topological polar surface area (TPSA) is 180 Å². The average molecular weight is 967 g/mol. The van der Waals surface area contributed by atoms with Crippen LogP contribution in [0.2, 0.25) is 0 Å². The first-order valence-electron chi connectivity index (χ1n) is 26.9. The van der Waals surface area contributed by atoms with Gasteiger partial charge in [-0.2, -0.15) is 0 Å². The molecule has 372 valence electrons. The van der Waals surface area contributed by atoms with Crippen LogP contribution in [0.15, 0.2) is 72.8 Å². The summed E-state index contributed by atoms with van der Waals surface area (Å²) < 4.78 is 0. The predicted octanol–water partition coefficient (Wildman–Crippen LogP) is 8.67. The van der Waals surface area contributed by atoms with Crippen LogP contribution >= 0.6 is 0 Å². The van der Waals surface area contributed by atoms with E-state index in [-0.39, 0.29) is 59.9 Å². The van der Waals surface area contributed by atoms with Gasteiger partial charge in [0, 0.05) is 26.2 Å². The Morgan fingerprint density at radius 2 is 1.01 bits per heavy atom. The van der Waals surface area contributed by atoms with Crippen LogP contribution in [0.5, 0.6) is 0 Å². The van der Waals surface area contributed by atoms with E-state index >= 15 is 0 Å². The molecule has 6 aliphatic carbocycles. The molecule has 2 saturated carbocycles. The zero-order valence-corrected chi connectivity index (χ0v) is 41.8. The standard InChI is InChI=1S/C58H66N10O4/c1-29-39-9-5-7-37-27-47(67(51(37)39)55(69)49(29)65-57(71)59-3)53-61-43-21-19-35(25-45(43)63-53)41-23-31-11-15-33(41)17-13-32-12-16-34(18-14-31)42(24-32)36-20-22-44-46(26-36)64-54(62-44)48-28-38-8-6-10-40-30(2)50(66-58(72)60-4)56(70)68(48)52(38)40/h11-12,15-16,19-26,29-30,37-40,47-52H,5-10,13-14,17-18,27-28H2,1-4H3,(H,61,63)(H,62,64)(H2,59,65,71)(H2,60,66,72)/t29?,30?,37-,38-,39?,40?,47-,48-,49-,50-,51+,52+/m0/s1. The van der Waals surface area contributed by atoms with Crippen molar-refractivity contribution in [2.75, 3.05) is 14.1 Å². The fourth-order valence-electron chi connectivity index (χ4n) is 15.3. The van der Waals surface area contributed by atoms with Crippen molar-refractivity contribution < 1.29 is 19.2 Å². The number of carbonyl (C=O) groups excluding carboxylic acids is 4. The van der Waals surface area contributed by atoms with E-state index in [0.717, 1.165) is 122 Å². The average Bonchev–Trinajstić information content (AvgIpc) is 4.21. The Kier molecular flexibility index (Phi) is 11.0. The number of hydrogen-bond acceptors (Lipinski definition) is 6. The molecule has 6 amide bonds. The Morgan fingerprint density at radius 3 is 1.44 bits per heavy atom. The molecule has 6 fully saturated rings. The number of H-pyrrole nitrogens is 2. The minimum absolute atomic E-state index is 0.00629. The number of fused-ring (bicyclic) bond motifs is 2. The number of nitrogens with one attached hydrogen (secondary N) is 6. The second-order valence-electron chi connectivity index (χ2n) is 22.5. The first-order chi connectivity index (χ1) is 35.0. The van der Waals surface area contributed by atoms with Crippen LogP contribution < -0.4 is 21.3 Å². The normalized spacial score (nSPS) is 30.5. The molecule has 14 heteroatoms. The molecule has 4 bridgehead atoms. The highest BCUT2D eigenvalue weighted by Crippen LogP contribution is 2.55. The third-order valence-corrected chi connectivity index (χ3v) is 18.9. The summed E-state index contributed by atoms with van der Waals surface area (Å²) in [5, 5.41) is 11.3. The second kappa shape index (κ2) is 17.5. The van der Waals surface area contributed by atoms with Crippen LogP contribution in [0.3, 0.4) is 0 Å². The Labute approximate surface area is 420 Å². The van der Waals surface area contributed by atoms with Crippen molar-refractivity contribution in [1.82, 2.24) is 51.0 Å². The van der Waals surface area contributed by atoms with Crippen LogP contribution in [0.1, 0.15) is 111 Å². The minimum atomic E-state index is -0.558. The Balaban J connectivity index is 0.760. The zero-order valence-electron chi connectivity index (χ0n) is 41.8. The van der Waals surface area contributed by atoms with E-state index in [1.807, 2.05) is 0 Å². The summed E-state index contributed by atoms with van der Waals surface area (Å²) in [7, 11) is 3.19. The van der Waals surface area contributed by atoms with E-state index in [9.17, 15) is 19.2 Å². The molecule has 4 aromatic carbocycles. The molecule has 72 heavy (non-hydrogen) atoms. The smallest absolute Gasteiger partial charge is 0.315 e. The van der Waals surface area contributed by atoms with Crippen molar-refractivity contribution in [1.29, 1.82) is 0 Å². The predicted molar refractivity (Wildman–Crippen MR) is 277 cm³/mol. The van der Waals surface area contributed by atoms with Crippen LogP contribution in [-0.4, -0.2) is 91.9 Å². The first kappa shape index (κ1) is 45.2. The summed E-state index contributed by atoms with van der Waals surface area (Å²) in [5.41, 5.74) is 13.7. The number of piperidine rings is 2. The van der Waals surface area contributed by atoms with Gasteiger partial charge >= 0.3 is 12.1 Å². The number of rotatable bonds is 6. The molecule has 4 unspecified atom stereocenters. The third-order valence-electron chi connectivity index (χ3n) is 18.9. The molecular weight excluding hydrogens is 901 g/mol. The summed E-state index contributed by atoms with van der Waals surface area (Å²) >= 11 is 0. The van der Waals surface area contributed by atoms with Gasteiger partial charge in [0.2, 0.25) is 11.8 Å². The van der Waals surface area contributed by atoms with Gasteiger partial charge in [-0.1, -0.05) is 75.2 Å². The molecule has 6 aromatic rings. The van der Waals surface area contributed by atoms with E-state index in [2.05, 4.69) is 128 Å². The lowest BCUT2D eigenvalue weighted by molar-refractivity contribution is -0.148. The van der Waals surface area contributed by atoms with Gasteiger partial charge in [0.1, 0.15) is 23.7 Å². The molecule has 4 aliphatic heterocycles. The highest BCUT2D eigenvalue weighted by atomic mass is 16.2. The number of amides is 6. The van der Waals surface area contributed by atoms with Crippen molar-refractivity contribution in [3.8, 4) is 22.3 Å². The summed E-state index contributed by atoms with van der Waals surface area (Å²) in [6.07, 6.45) is 12.0. The highest BCUT2D eigenvalue weighted by molar-refractivity contribution is 5.91. The van der Waals surface area contributed by atoms with Crippen molar-refractivity contribution in [3.05, 3.63) is 107 Å². The van der Waals surface area contributed by atoms with Crippen molar-refractivity contribution in [2.45, 2.75) is 127 Å². The number of aryl methyl sites for hydroxylation is 4. The highest BCUT2D eigenvalue weighted by Gasteiger charge is 2.59. The summed E-state index contributed by atoms with van der Waals surface area (Å²) in [6.45, 7) is 4.28. The Bertz CT molecular complexity index is 2970. The maximum absolute atomic E-state index is 14.3. The fourth-order valence-corrected chi connectivity index (χ4v) is 15.3. The van der Waals surface area contributed by atoms with Crippen LogP contribution in [0, 0.1) is 35.5 Å². The maximum Gasteiger partial charge on any atom is 0.315 e. The van der Waals surface area contributed by atoms with Crippen LogP contribution in [0.4, 0.5) is 9.59 Å². The molecular formula is C58H66N10O4. The van der Waals surface area contributed by atoms with E-state index in [1.165, 1.54) is 33.4 Å². The van der Waals surface area contributed by atoms with Gasteiger partial charge in [-0.3, -0.25) is 9.59 Å². The van der Waals surface area contributed by atoms with E-state index in [1.54, 1.807) is 14.1 Å². The van der Waals surface area contributed by atoms with Gasteiger partial charge in [0.25, 0.3) is 0 Å². The van der Waals surface area contributed by atoms with E-state index < -0.39 is 12.1 Å². The van der Waals surface area contributed by atoms with Crippen molar-refractivity contribution in [3.63, 3.8) is 0 Å². The maximum atomic E-state index is 14.3. The largest absolute Gasteiger partial charge is 0.341 e. The van der Waals surface area contributed by atoms with Crippen molar-refractivity contribution >= 4 is 45.9 Å². The molecule has 6 heterocycles. The van der Waals surface area contributed by atoms with Gasteiger partial charge in [0.05, 0.1) is 34.2 Å². The van der Waals surface area contributed by atoms with Crippen molar-refractivity contribution in [2.24, 2.45) is 35.5 Å². The molecule has 16 rings (SSSR count). The van der Waals surface area contributed by atoms with Gasteiger partial charge in [0.15, 0.2) is 0 Å². The molecule has 2 aromatic heterocycles. The summed E-state index contributed by atoms with van der Waals surface area (Å²) in [4.78, 5) is 75.7. The first-order valence-corrected chi connectivity index (χ1v) is 26.9. The second-order valence-corrected chi connectivity index (χ2v) is 22.5. The Hall–Kier alpha value is -6.70. The van der Waals surface area contributed by atoms with Gasteiger partial charge in [-0.05, 0) is 168 Å². The summed E-state index contributed by atoms with van der Waals surface area (Å²) in [6, 6.07) is 25.5. The lowest BCUT2D eigenvalue weighted by Gasteiger charge is -2.49. The number of benzene rings is 4. The minimum Gasteiger partial charge on any atom is -0.341 e. The number of imidazole rings is 2. The number of hydrogen-bond donors (Lipinski definition) is 6. The third kappa shape index (κ3) is 7.31. The zero-order chi connectivity index (χ0) is 49.1. The van der Waals surface area contributed by atoms with Gasteiger partial charge in [-0.25, -0.2) is 19.6 Å². The van der Waals surface area contributed by atoms with E-state index in [0.29, 0.717) is 23.7 Å². The van der Waals surface area contributed by atoms with Crippen LogP contribution in [0.25, 0.3) is 44.3 Å². The Morgan fingerprint density at radius 1 is 0.569 bits per heavy atom. The number of aromatic amines is 2. The van der Waals surface area contributed by atoms with Gasteiger partial charge in [-0.15, -0.1) is 0 Å². The van der Waals surface area contributed by atoms with E-state index in [4.69, 9.17) is 9.97 Å². The molecule has 4 saturated heterocycles. The SMILES string of the molecule is CNC(=O)N[C@@H]1C(=O)N2[C@H](c3nc4ccc(-c5cc6ccc5CCc5ccc(c(-c7ccc8nc([C@@H]9C[C@@H]%10CCCC%11C(C)[C@H](NC(=O)NC)C(=O)N9[C@@H]%11%10)[nH]c8c7)c5)CC6)cc4[nH]3)C[C@@H]3CCCC(C1C)[C@@H]32. The number of nitrogens with zero attached hydrogens (tertiary/aromatic N) is 4. The number of aromatic nitrogens is 4. The molecule has 14 nitrogen and oxygen atoms in total. The number of urea groups is 2. The number of carbonyl (C=O) groups is 4. The summed E-state index contributed by atoms with van der Waals surface area (Å²) in [5.74, 6) is 3.39.